The Morgan fingerprint density at radius 1 is 1.56 bits per heavy atom. The number of rotatable bonds is 5. The number of nitrogens with one attached hydrogen (secondary N) is 1. The minimum atomic E-state index is 0.215. The van der Waals surface area contributed by atoms with E-state index in [1.54, 1.807) is 13.2 Å². The summed E-state index contributed by atoms with van der Waals surface area (Å²) < 4.78 is 10.7. The second-order valence-electron chi connectivity index (χ2n) is 4.69. The Bertz CT molecular complexity index is 389. The molecule has 4 nitrogen and oxygen atoms in total. The average molecular weight is 251 g/mol. The zero-order chi connectivity index (χ0) is 13.0. The molecule has 0 radical (unpaired) electrons. The van der Waals surface area contributed by atoms with Crippen molar-refractivity contribution < 1.29 is 14.6 Å². The largest absolute Gasteiger partial charge is 0.504 e. The first-order valence-corrected chi connectivity index (χ1v) is 6.42. The van der Waals surface area contributed by atoms with Crippen LogP contribution in [0.25, 0.3) is 0 Å². The Hall–Kier alpha value is -1.26. The zero-order valence-electron chi connectivity index (χ0n) is 11.0. The van der Waals surface area contributed by atoms with Gasteiger partial charge in [-0.15, -0.1) is 0 Å². The molecule has 0 saturated carbocycles. The van der Waals surface area contributed by atoms with Crippen molar-refractivity contribution in [3.8, 4) is 11.5 Å². The van der Waals surface area contributed by atoms with E-state index < -0.39 is 0 Å². The lowest BCUT2D eigenvalue weighted by Gasteiger charge is -2.20. The number of hydrogen-bond acceptors (Lipinski definition) is 4. The van der Waals surface area contributed by atoms with Gasteiger partial charge in [0.05, 0.1) is 13.2 Å². The van der Waals surface area contributed by atoms with Crippen LogP contribution in [-0.2, 0) is 11.3 Å². The third-order valence-electron chi connectivity index (χ3n) is 3.44. The standard InChI is InChI=1S/C14H21NO3/c1-10(12-7-4-8-18-12)15-9-11-5-3-6-13(17-2)14(11)16/h3,5-6,10,12,15-16H,4,7-9H2,1-2H3. The van der Waals surface area contributed by atoms with E-state index in [2.05, 4.69) is 12.2 Å². The van der Waals surface area contributed by atoms with Gasteiger partial charge in [-0.1, -0.05) is 12.1 Å². The molecule has 1 saturated heterocycles. The molecule has 1 aliphatic heterocycles. The SMILES string of the molecule is COc1cccc(CNC(C)C2CCCO2)c1O. The fraction of sp³-hybridized carbons (Fsp3) is 0.571. The molecule has 1 fully saturated rings. The molecule has 1 aliphatic rings. The van der Waals surface area contributed by atoms with Crippen molar-refractivity contribution in [2.75, 3.05) is 13.7 Å². The van der Waals surface area contributed by atoms with Crippen molar-refractivity contribution >= 4 is 0 Å². The summed E-state index contributed by atoms with van der Waals surface area (Å²) in [5, 5.41) is 13.4. The van der Waals surface area contributed by atoms with Gasteiger partial charge in [-0.25, -0.2) is 0 Å². The maximum absolute atomic E-state index is 9.97. The van der Waals surface area contributed by atoms with E-state index in [-0.39, 0.29) is 17.9 Å². The number of phenolic OH excluding ortho intramolecular Hbond substituents is 1. The van der Waals surface area contributed by atoms with Gasteiger partial charge in [0.1, 0.15) is 0 Å². The molecule has 2 atom stereocenters. The van der Waals surface area contributed by atoms with Crippen molar-refractivity contribution in [2.45, 2.75) is 38.5 Å². The van der Waals surface area contributed by atoms with E-state index in [1.165, 1.54) is 0 Å². The summed E-state index contributed by atoms with van der Waals surface area (Å²) in [6.45, 7) is 3.60. The quantitative estimate of drug-likeness (QED) is 0.841. The Morgan fingerprint density at radius 3 is 3.06 bits per heavy atom. The number of methoxy groups -OCH3 is 1. The van der Waals surface area contributed by atoms with Crippen LogP contribution in [0, 0.1) is 0 Å². The third kappa shape index (κ3) is 2.94. The molecule has 18 heavy (non-hydrogen) atoms. The summed E-state index contributed by atoms with van der Waals surface area (Å²) in [7, 11) is 1.56. The van der Waals surface area contributed by atoms with Crippen LogP contribution in [0.2, 0.25) is 0 Å². The topological polar surface area (TPSA) is 50.7 Å². The molecule has 2 unspecified atom stereocenters. The molecule has 0 spiro atoms. The predicted octanol–water partition coefficient (Wildman–Crippen LogP) is 2.06. The summed E-state index contributed by atoms with van der Waals surface area (Å²) >= 11 is 0. The monoisotopic (exact) mass is 251 g/mol. The van der Waals surface area contributed by atoms with Gasteiger partial charge in [0.25, 0.3) is 0 Å². The maximum Gasteiger partial charge on any atom is 0.162 e. The molecule has 1 aromatic carbocycles. The fourth-order valence-corrected chi connectivity index (χ4v) is 2.27. The first-order chi connectivity index (χ1) is 8.72. The molecule has 2 rings (SSSR count). The molecule has 1 heterocycles. The average Bonchev–Trinajstić information content (AvgIpc) is 2.91. The molecular formula is C14H21NO3. The lowest BCUT2D eigenvalue weighted by Crippen LogP contribution is -2.36. The van der Waals surface area contributed by atoms with Crippen molar-refractivity contribution in [3.63, 3.8) is 0 Å². The highest BCUT2D eigenvalue weighted by Crippen LogP contribution is 2.29. The Morgan fingerprint density at radius 2 is 2.39 bits per heavy atom. The summed E-state index contributed by atoms with van der Waals surface area (Å²) in [5.74, 6) is 0.728. The second kappa shape index (κ2) is 6.07. The fourth-order valence-electron chi connectivity index (χ4n) is 2.27. The van der Waals surface area contributed by atoms with Gasteiger partial charge in [0.15, 0.2) is 11.5 Å². The van der Waals surface area contributed by atoms with Crippen LogP contribution in [-0.4, -0.2) is 31.0 Å². The van der Waals surface area contributed by atoms with Crippen LogP contribution in [0.4, 0.5) is 0 Å². The molecule has 0 amide bonds. The van der Waals surface area contributed by atoms with E-state index in [0.29, 0.717) is 12.3 Å². The van der Waals surface area contributed by atoms with Gasteiger partial charge in [-0.05, 0) is 25.8 Å². The molecular weight excluding hydrogens is 230 g/mol. The van der Waals surface area contributed by atoms with Crippen molar-refractivity contribution in [1.29, 1.82) is 0 Å². The summed E-state index contributed by atoms with van der Waals surface area (Å²) in [4.78, 5) is 0. The van der Waals surface area contributed by atoms with Gasteiger partial charge >= 0.3 is 0 Å². The van der Waals surface area contributed by atoms with Crippen molar-refractivity contribution in [1.82, 2.24) is 5.32 Å². The van der Waals surface area contributed by atoms with E-state index in [0.717, 1.165) is 25.0 Å². The van der Waals surface area contributed by atoms with Crippen LogP contribution < -0.4 is 10.1 Å². The minimum Gasteiger partial charge on any atom is -0.504 e. The van der Waals surface area contributed by atoms with Gasteiger partial charge < -0.3 is 19.9 Å². The third-order valence-corrected chi connectivity index (χ3v) is 3.44. The Kier molecular flexibility index (Phi) is 4.44. The molecule has 1 aromatic rings. The van der Waals surface area contributed by atoms with Gasteiger partial charge in [0, 0.05) is 24.8 Å². The van der Waals surface area contributed by atoms with Crippen LogP contribution in [0.15, 0.2) is 18.2 Å². The van der Waals surface area contributed by atoms with Crippen LogP contribution in [0.5, 0.6) is 11.5 Å². The van der Waals surface area contributed by atoms with E-state index in [9.17, 15) is 5.11 Å². The zero-order valence-corrected chi connectivity index (χ0v) is 11.0. The normalized spacial score (nSPS) is 20.9. The highest BCUT2D eigenvalue weighted by molar-refractivity contribution is 5.45. The molecule has 2 N–H and O–H groups in total. The molecule has 4 heteroatoms. The summed E-state index contributed by atoms with van der Waals surface area (Å²) in [6.07, 6.45) is 2.54. The Balaban J connectivity index is 1.93. The van der Waals surface area contributed by atoms with Crippen LogP contribution in [0.1, 0.15) is 25.3 Å². The predicted molar refractivity (Wildman–Crippen MR) is 69.9 cm³/mol. The molecule has 100 valence electrons. The smallest absolute Gasteiger partial charge is 0.162 e. The number of benzene rings is 1. The van der Waals surface area contributed by atoms with E-state index in [4.69, 9.17) is 9.47 Å². The summed E-state index contributed by atoms with van der Waals surface area (Å²) in [6, 6.07) is 5.82. The van der Waals surface area contributed by atoms with Crippen LogP contribution >= 0.6 is 0 Å². The summed E-state index contributed by atoms with van der Waals surface area (Å²) in [5.41, 5.74) is 0.846. The van der Waals surface area contributed by atoms with Gasteiger partial charge in [0.2, 0.25) is 0 Å². The number of phenols is 1. The second-order valence-corrected chi connectivity index (χ2v) is 4.69. The number of aromatic hydroxyl groups is 1. The molecule has 0 aliphatic carbocycles. The number of ether oxygens (including phenoxy) is 2. The lowest BCUT2D eigenvalue weighted by molar-refractivity contribution is 0.0831. The first kappa shape index (κ1) is 13.2. The number of para-hydroxylation sites is 1. The highest BCUT2D eigenvalue weighted by Gasteiger charge is 2.22. The van der Waals surface area contributed by atoms with Crippen LogP contribution in [0.3, 0.4) is 0 Å². The lowest BCUT2D eigenvalue weighted by atomic mass is 10.1. The Labute approximate surface area is 108 Å². The number of hydrogen-bond donors (Lipinski definition) is 2. The first-order valence-electron chi connectivity index (χ1n) is 6.42. The van der Waals surface area contributed by atoms with Crippen molar-refractivity contribution in [2.24, 2.45) is 0 Å². The van der Waals surface area contributed by atoms with Gasteiger partial charge in [-0.2, -0.15) is 0 Å². The van der Waals surface area contributed by atoms with Gasteiger partial charge in [-0.3, -0.25) is 0 Å². The van der Waals surface area contributed by atoms with E-state index >= 15 is 0 Å². The van der Waals surface area contributed by atoms with E-state index in [1.807, 2.05) is 12.1 Å². The molecule has 0 aromatic heterocycles. The highest BCUT2D eigenvalue weighted by atomic mass is 16.5. The molecule has 0 bridgehead atoms. The minimum absolute atomic E-state index is 0.215. The maximum atomic E-state index is 9.97. The van der Waals surface area contributed by atoms with Crippen molar-refractivity contribution in [3.05, 3.63) is 23.8 Å².